The van der Waals surface area contributed by atoms with Crippen molar-refractivity contribution in [2.75, 3.05) is 26.3 Å². The van der Waals surface area contributed by atoms with Crippen LogP contribution in [0.25, 0.3) is 11.1 Å². The highest BCUT2D eigenvalue weighted by Gasteiger charge is 2.29. The molecule has 7 nitrogen and oxygen atoms in total. The molecule has 1 amide bonds. The lowest BCUT2D eigenvalue weighted by Gasteiger charge is -2.33. The van der Waals surface area contributed by atoms with Crippen molar-refractivity contribution in [3.05, 3.63) is 83.7 Å². The molecule has 2 atom stereocenters. The summed E-state index contributed by atoms with van der Waals surface area (Å²) in [5, 5.41) is 21.7. The molecule has 214 valence electrons. The van der Waals surface area contributed by atoms with Gasteiger partial charge in [-0.15, -0.1) is 0 Å². The molecule has 2 aromatic carbocycles. The van der Waals surface area contributed by atoms with Crippen molar-refractivity contribution < 1.29 is 23.8 Å². The molecule has 1 aromatic heterocycles. The average Bonchev–Trinajstić information content (AvgIpc) is 3.29. The summed E-state index contributed by atoms with van der Waals surface area (Å²) in [7, 11) is 0. The fraction of sp³-hybridized carbons (Fsp3) is 0.433. The molecule has 3 aromatic rings. The Labute approximate surface area is 230 Å². The molecule has 0 saturated heterocycles. The maximum Gasteiger partial charge on any atom is 0.236 e. The smallest absolute Gasteiger partial charge is 0.236 e. The Hall–Kier alpha value is -3.11. The number of benzene rings is 2. The van der Waals surface area contributed by atoms with Crippen LogP contribution in [0.5, 0.6) is 0 Å². The van der Waals surface area contributed by atoms with Crippen LogP contribution in [0.2, 0.25) is 0 Å². The lowest BCUT2D eigenvalue weighted by molar-refractivity contribution is -0.121. The van der Waals surface area contributed by atoms with Gasteiger partial charge in [0.25, 0.3) is 0 Å². The Morgan fingerprint density at radius 1 is 1.03 bits per heavy atom. The van der Waals surface area contributed by atoms with E-state index in [1.54, 1.807) is 6.92 Å². The summed E-state index contributed by atoms with van der Waals surface area (Å²) in [5.41, 5.74) is 8.41. The number of halogens is 2. The van der Waals surface area contributed by atoms with Crippen molar-refractivity contribution in [2.45, 2.75) is 52.7 Å². The number of hydrogen-bond acceptors (Lipinski definition) is 5. The minimum Gasteiger partial charge on any atom is -0.394 e. The van der Waals surface area contributed by atoms with E-state index in [9.17, 15) is 13.6 Å². The van der Waals surface area contributed by atoms with Crippen LogP contribution in [0.15, 0.2) is 60.8 Å². The third-order valence-corrected chi connectivity index (χ3v) is 6.04. The molecule has 0 aliphatic rings. The summed E-state index contributed by atoms with van der Waals surface area (Å²) in [6.07, 6.45) is 2.62. The second kappa shape index (κ2) is 15.5. The molecular weight excluding hydrogens is 502 g/mol. The van der Waals surface area contributed by atoms with Gasteiger partial charge in [0.05, 0.1) is 25.3 Å². The van der Waals surface area contributed by atoms with E-state index in [-0.39, 0.29) is 36.1 Å². The number of nitrogens with two attached hydrogens (primary N) is 1. The van der Waals surface area contributed by atoms with E-state index in [0.717, 1.165) is 29.8 Å². The second-order valence-corrected chi connectivity index (χ2v) is 10.5. The second-order valence-electron chi connectivity index (χ2n) is 10.5. The van der Waals surface area contributed by atoms with Gasteiger partial charge in [0.15, 0.2) is 0 Å². The number of nitrogens with one attached hydrogen (secondary N) is 2. The number of carbonyl (C=O) groups excluding carboxylic acids is 1. The van der Waals surface area contributed by atoms with Crippen LogP contribution in [0.3, 0.4) is 0 Å². The van der Waals surface area contributed by atoms with E-state index in [0.29, 0.717) is 25.2 Å². The molecule has 0 bridgehead atoms. The summed E-state index contributed by atoms with van der Waals surface area (Å²) < 4.78 is 30.7. The SMILES string of the molecule is C[C@H](N)C(=O)NCCCN[C@@H](c1cc(-c2cc(F)ccc2F)cn1Cc1ccccc1)C(C)(C)C.OCCO. The summed E-state index contributed by atoms with van der Waals surface area (Å²) in [6.45, 7) is 9.63. The Balaban J connectivity index is 0.00000124. The minimum absolute atomic E-state index is 0.0688. The van der Waals surface area contributed by atoms with E-state index in [4.69, 9.17) is 15.9 Å². The molecule has 0 aliphatic carbocycles. The number of nitrogens with zero attached hydrogens (tertiary/aromatic N) is 1. The zero-order chi connectivity index (χ0) is 29.0. The normalized spacial score (nSPS) is 12.8. The van der Waals surface area contributed by atoms with Gasteiger partial charge in [-0.2, -0.15) is 0 Å². The molecule has 0 saturated carbocycles. The number of amides is 1. The number of hydrogen-bond donors (Lipinski definition) is 5. The molecule has 6 N–H and O–H groups in total. The van der Waals surface area contributed by atoms with E-state index in [2.05, 4.69) is 36.0 Å². The lowest BCUT2D eigenvalue weighted by atomic mass is 9.84. The summed E-state index contributed by atoms with van der Waals surface area (Å²) in [6, 6.07) is 14.9. The van der Waals surface area contributed by atoms with E-state index < -0.39 is 17.7 Å². The van der Waals surface area contributed by atoms with Crippen molar-refractivity contribution in [3.63, 3.8) is 0 Å². The van der Waals surface area contributed by atoms with Gasteiger partial charge >= 0.3 is 0 Å². The Bertz CT molecular complexity index is 1160. The highest BCUT2D eigenvalue weighted by atomic mass is 19.1. The third-order valence-electron chi connectivity index (χ3n) is 6.04. The van der Waals surface area contributed by atoms with Crippen LogP contribution in [0, 0.1) is 17.0 Å². The van der Waals surface area contributed by atoms with Gasteiger partial charge in [0, 0.05) is 36.1 Å². The van der Waals surface area contributed by atoms with Crippen LogP contribution < -0.4 is 16.4 Å². The van der Waals surface area contributed by atoms with Gasteiger partial charge in [0.1, 0.15) is 11.6 Å². The first kappa shape index (κ1) is 32.1. The fourth-order valence-corrected chi connectivity index (χ4v) is 4.12. The summed E-state index contributed by atoms with van der Waals surface area (Å²) >= 11 is 0. The van der Waals surface area contributed by atoms with Crippen molar-refractivity contribution in [2.24, 2.45) is 11.1 Å². The highest BCUT2D eigenvalue weighted by Crippen LogP contribution is 2.37. The molecule has 9 heteroatoms. The van der Waals surface area contributed by atoms with Gasteiger partial charge < -0.3 is 31.1 Å². The zero-order valence-electron chi connectivity index (χ0n) is 23.3. The van der Waals surface area contributed by atoms with Gasteiger partial charge in [0.2, 0.25) is 5.91 Å². The molecule has 0 spiro atoms. The summed E-state index contributed by atoms with van der Waals surface area (Å²) in [5.74, 6) is -1.10. The highest BCUT2D eigenvalue weighted by molar-refractivity contribution is 5.80. The van der Waals surface area contributed by atoms with Gasteiger partial charge in [-0.1, -0.05) is 51.1 Å². The van der Waals surface area contributed by atoms with E-state index >= 15 is 0 Å². The van der Waals surface area contributed by atoms with Gasteiger partial charge in [-0.25, -0.2) is 8.78 Å². The van der Waals surface area contributed by atoms with Crippen molar-refractivity contribution in [3.8, 4) is 11.1 Å². The Morgan fingerprint density at radius 3 is 2.28 bits per heavy atom. The standard InChI is InChI=1S/C28H36F2N4O.C2H6O2/c1-19(31)27(35)33-14-8-13-32-26(28(2,3)4)25-15-21(23-16-22(29)11-12-24(23)30)18-34(25)17-20-9-6-5-7-10-20;3-1-2-4/h5-7,9-12,15-16,18-19,26,32H,8,13-14,17,31H2,1-4H3,(H,33,35);3-4H,1-2H2/t19-,26-;/m0./s1. The first-order valence-corrected chi connectivity index (χ1v) is 13.2. The van der Waals surface area contributed by atoms with Gasteiger partial charge in [-0.3, -0.25) is 4.79 Å². The Morgan fingerprint density at radius 2 is 1.69 bits per heavy atom. The molecule has 3 rings (SSSR count). The fourth-order valence-electron chi connectivity index (χ4n) is 4.12. The predicted octanol–water partition coefficient (Wildman–Crippen LogP) is 3.98. The largest absolute Gasteiger partial charge is 0.394 e. The molecule has 0 aliphatic heterocycles. The van der Waals surface area contributed by atoms with Gasteiger partial charge in [-0.05, 0) is 55.1 Å². The van der Waals surface area contributed by atoms with Crippen molar-refractivity contribution in [1.82, 2.24) is 15.2 Å². The molecule has 0 radical (unpaired) electrons. The number of rotatable bonds is 11. The van der Waals surface area contributed by atoms with E-state index in [1.807, 2.05) is 42.6 Å². The van der Waals surface area contributed by atoms with Crippen molar-refractivity contribution >= 4 is 5.91 Å². The topological polar surface area (TPSA) is 113 Å². The molecule has 0 unspecified atom stereocenters. The van der Waals surface area contributed by atoms with E-state index in [1.165, 1.54) is 6.07 Å². The lowest BCUT2D eigenvalue weighted by Crippen LogP contribution is -2.40. The molecular formula is C30H42F2N4O3. The number of aliphatic hydroxyl groups is 2. The third kappa shape index (κ3) is 10.2. The van der Waals surface area contributed by atoms with Crippen LogP contribution >= 0.6 is 0 Å². The maximum absolute atomic E-state index is 14.6. The Kier molecular flexibility index (Phi) is 12.7. The predicted molar refractivity (Wildman–Crippen MR) is 151 cm³/mol. The monoisotopic (exact) mass is 544 g/mol. The first-order chi connectivity index (χ1) is 18.5. The number of carbonyl (C=O) groups is 1. The minimum atomic E-state index is -0.534. The quantitative estimate of drug-likeness (QED) is 0.235. The molecule has 39 heavy (non-hydrogen) atoms. The molecule has 0 fully saturated rings. The number of aliphatic hydroxyl groups excluding tert-OH is 2. The maximum atomic E-state index is 14.6. The first-order valence-electron chi connectivity index (χ1n) is 13.2. The van der Waals surface area contributed by atoms with Crippen molar-refractivity contribution in [1.29, 1.82) is 0 Å². The van der Waals surface area contributed by atoms with Crippen LogP contribution in [0.1, 0.15) is 51.4 Å². The van der Waals surface area contributed by atoms with Crippen LogP contribution in [-0.4, -0.2) is 53.0 Å². The average molecular weight is 545 g/mol. The summed E-state index contributed by atoms with van der Waals surface area (Å²) in [4.78, 5) is 11.7. The van der Waals surface area contributed by atoms with Crippen LogP contribution in [-0.2, 0) is 11.3 Å². The zero-order valence-corrected chi connectivity index (χ0v) is 23.3. The van der Waals surface area contributed by atoms with Crippen LogP contribution in [0.4, 0.5) is 8.78 Å². The molecule has 1 heterocycles. The number of aromatic nitrogens is 1.